The van der Waals surface area contributed by atoms with Crippen molar-refractivity contribution in [3.8, 4) is 28.4 Å². The van der Waals surface area contributed by atoms with Crippen LogP contribution in [0.2, 0.25) is 5.02 Å². The lowest BCUT2D eigenvalue weighted by atomic mass is 9.88. The number of nitrogens with two attached hydrogens (primary N) is 1. The van der Waals surface area contributed by atoms with E-state index in [1.807, 2.05) is 74.5 Å². The zero-order valence-electron chi connectivity index (χ0n) is 27.6. The number of carbonyl (C=O) groups excluding carboxylic acids is 2. The monoisotopic (exact) mass is 679 g/mol. The molecule has 7 nitrogen and oxygen atoms in total. The van der Waals surface area contributed by atoms with Crippen LogP contribution in [0.3, 0.4) is 0 Å². The minimum atomic E-state index is -1.02. The average molecular weight is 680 g/mol. The second-order valence-electron chi connectivity index (χ2n) is 11.7. The van der Waals surface area contributed by atoms with E-state index in [4.69, 9.17) is 26.8 Å². The molecule has 252 valence electrons. The number of hydrogen-bond donors (Lipinski definition) is 3. The highest BCUT2D eigenvalue weighted by molar-refractivity contribution is 6.30. The molecule has 5 aromatic carbocycles. The smallest absolute Gasteiger partial charge is 0.243 e. The van der Waals surface area contributed by atoms with E-state index in [0.29, 0.717) is 45.4 Å². The predicted octanol–water partition coefficient (Wildman–Crippen LogP) is 8.31. The van der Waals surface area contributed by atoms with E-state index >= 15 is 0 Å². The molecule has 0 aliphatic rings. The molecule has 3 atom stereocenters. The van der Waals surface area contributed by atoms with E-state index in [1.54, 1.807) is 55.6 Å². The summed E-state index contributed by atoms with van der Waals surface area (Å²) in [4.78, 5) is 27.9. The van der Waals surface area contributed by atoms with Crippen molar-refractivity contribution >= 4 is 23.4 Å². The Balaban J connectivity index is 1.53. The first-order valence-corrected chi connectivity index (χ1v) is 16.4. The summed E-state index contributed by atoms with van der Waals surface area (Å²) < 4.78 is 26.5. The van der Waals surface area contributed by atoms with Gasteiger partial charge in [0.05, 0.1) is 19.1 Å². The molecule has 4 N–H and O–H groups in total. The van der Waals surface area contributed by atoms with Crippen LogP contribution >= 0.6 is 11.6 Å². The fourth-order valence-corrected chi connectivity index (χ4v) is 5.78. The molecule has 49 heavy (non-hydrogen) atoms. The number of rotatable bonds is 13. The van der Waals surface area contributed by atoms with Crippen molar-refractivity contribution in [2.75, 3.05) is 7.11 Å². The average Bonchev–Trinajstić information content (AvgIpc) is 3.10. The molecule has 2 amide bonds. The van der Waals surface area contributed by atoms with Crippen LogP contribution in [-0.2, 0) is 16.1 Å². The molecule has 0 heterocycles. The predicted molar refractivity (Wildman–Crippen MR) is 191 cm³/mol. The fourth-order valence-electron chi connectivity index (χ4n) is 5.62. The highest BCUT2D eigenvalue weighted by Gasteiger charge is 2.30. The van der Waals surface area contributed by atoms with Gasteiger partial charge < -0.3 is 20.5 Å². The Morgan fingerprint density at radius 1 is 0.837 bits per heavy atom. The molecule has 0 saturated carbocycles. The van der Waals surface area contributed by atoms with E-state index in [9.17, 15) is 14.0 Å². The van der Waals surface area contributed by atoms with Gasteiger partial charge in [-0.25, -0.2) is 4.39 Å². The number of imide groups is 1. The SMILES string of the molecule is CCC(NCc1ccccc1F)C(=O)NC(=O)C(c1ccc(-c2ccccc2)c(OC)c1)c1ccc(Cl)cc1Oc1cccc([C@H](C)N)c1. The van der Waals surface area contributed by atoms with E-state index in [2.05, 4.69) is 10.6 Å². The number of hydrogen-bond acceptors (Lipinski definition) is 6. The maximum atomic E-state index is 14.3. The third-order valence-corrected chi connectivity index (χ3v) is 8.51. The van der Waals surface area contributed by atoms with Crippen molar-refractivity contribution in [1.82, 2.24) is 10.6 Å². The van der Waals surface area contributed by atoms with Crippen molar-refractivity contribution < 1.29 is 23.5 Å². The zero-order valence-corrected chi connectivity index (χ0v) is 28.3. The number of ether oxygens (including phenoxy) is 2. The van der Waals surface area contributed by atoms with Crippen LogP contribution in [-0.4, -0.2) is 25.0 Å². The third kappa shape index (κ3) is 8.72. The van der Waals surface area contributed by atoms with Gasteiger partial charge in [0.15, 0.2) is 0 Å². The number of methoxy groups -OCH3 is 1. The Hall–Kier alpha value is -5.02. The first kappa shape index (κ1) is 35.3. The van der Waals surface area contributed by atoms with Crippen LogP contribution in [0.1, 0.15) is 54.5 Å². The Kier molecular flexibility index (Phi) is 11.8. The summed E-state index contributed by atoms with van der Waals surface area (Å²) in [6.07, 6.45) is 0.364. The van der Waals surface area contributed by atoms with Crippen LogP contribution in [0.4, 0.5) is 4.39 Å². The Morgan fingerprint density at radius 2 is 1.59 bits per heavy atom. The highest BCUT2D eigenvalue weighted by Crippen LogP contribution is 2.40. The molecule has 0 bridgehead atoms. The quantitative estimate of drug-likeness (QED) is 0.116. The molecular formula is C40H39ClFN3O4. The Labute approximate surface area is 291 Å². The third-order valence-electron chi connectivity index (χ3n) is 8.27. The van der Waals surface area contributed by atoms with Gasteiger partial charge in [0.1, 0.15) is 23.1 Å². The first-order valence-electron chi connectivity index (χ1n) is 16.1. The Bertz CT molecular complexity index is 1920. The van der Waals surface area contributed by atoms with Gasteiger partial charge in [-0.3, -0.25) is 14.9 Å². The van der Waals surface area contributed by atoms with Crippen molar-refractivity contribution in [3.05, 3.63) is 148 Å². The molecule has 0 saturated heterocycles. The molecule has 9 heteroatoms. The number of amides is 2. The van der Waals surface area contributed by atoms with Gasteiger partial charge in [-0.1, -0.05) is 97.4 Å². The van der Waals surface area contributed by atoms with Gasteiger partial charge in [0.2, 0.25) is 11.8 Å². The molecule has 5 rings (SSSR count). The number of benzene rings is 5. The lowest BCUT2D eigenvalue weighted by Gasteiger charge is -2.23. The fraction of sp³-hybridized carbons (Fsp3) is 0.200. The van der Waals surface area contributed by atoms with Gasteiger partial charge in [-0.2, -0.15) is 0 Å². The van der Waals surface area contributed by atoms with E-state index in [0.717, 1.165) is 16.7 Å². The number of nitrogens with one attached hydrogen (secondary N) is 2. The summed E-state index contributed by atoms with van der Waals surface area (Å²) in [5, 5.41) is 6.10. The van der Waals surface area contributed by atoms with E-state index in [1.165, 1.54) is 6.07 Å². The number of halogens is 2. The summed E-state index contributed by atoms with van der Waals surface area (Å²) in [6.45, 7) is 3.81. The highest BCUT2D eigenvalue weighted by atomic mass is 35.5. The topological polar surface area (TPSA) is 103 Å². The molecule has 0 radical (unpaired) electrons. The van der Waals surface area contributed by atoms with Crippen LogP contribution < -0.4 is 25.8 Å². The zero-order chi connectivity index (χ0) is 34.9. The number of carbonyl (C=O) groups is 2. The summed E-state index contributed by atoms with van der Waals surface area (Å²) in [7, 11) is 1.57. The summed E-state index contributed by atoms with van der Waals surface area (Å²) >= 11 is 6.46. The normalized spacial score (nSPS) is 12.9. The van der Waals surface area contributed by atoms with Crippen LogP contribution in [0.5, 0.6) is 17.2 Å². The van der Waals surface area contributed by atoms with Crippen molar-refractivity contribution in [2.45, 2.75) is 44.8 Å². The maximum absolute atomic E-state index is 14.3. The molecule has 0 aliphatic carbocycles. The van der Waals surface area contributed by atoms with Crippen molar-refractivity contribution in [1.29, 1.82) is 0 Å². The van der Waals surface area contributed by atoms with Gasteiger partial charge in [-0.05, 0) is 66.4 Å². The molecular weight excluding hydrogens is 641 g/mol. The van der Waals surface area contributed by atoms with Crippen molar-refractivity contribution in [3.63, 3.8) is 0 Å². The van der Waals surface area contributed by atoms with Crippen LogP contribution in [0, 0.1) is 5.82 Å². The lowest BCUT2D eigenvalue weighted by molar-refractivity contribution is -0.132. The van der Waals surface area contributed by atoms with Crippen LogP contribution in [0.15, 0.2) is 115 Å². The lowest BCUT2D eigenvalue weighted by Crippen LogP contribution is -2.47. The van der Waals surface area contributed by atoms with E-state index in [-0.39, 0.29) is 18.4 Å². The summed E-state index contributed by atoms with van der Waals surface area (Å²) in [6, 6.07) is 33.0. The van der Waals surface area contributed by atoms with Gasteiger partial charge in [-0.15, -0.1) is 0 Å². The maximum Gasteiger partial charge on any atom is 0.243 e. The summed E-state index contributed by atoms with van der Waals surface area (Å²) in [5.74, 6) is -1.13. The van der Waals surface area contributed by atoms with Gasteiger partial charge in [0, 0.05) is 34.3 Å². The van der Waals surface area contributed by atoms with Crippen molar-refractivity contribution in [2.24, 2.45) is 5.73 Å². The molecule has 0 aliphatic heterocycles. The second kappa shape index (κ2) is 16.4. The van der Waals surface area contributed by atoms with E-state index < -0.39 is 23.8 Å². The van der Waals surface area contributed by atoms with Gasteiger partial charge in [0.25, 0.3) is 0 Å². The molecule has 0 fully saturated rings. The molecule has 0 spiro atoms. The van der Waals surface area contributed by atoms with Crippen LogP contribution in [0.25, 0.3) is 11.1 Å². The molecule has 0 aromatic heterocycles. The molecule has 2 unspecified atom stereocenters. The standard InChI is InChI=1S/C40H39ClFN3O4/c1-4-35(44-24-29-13-8-9-16-34(29)42)39(46)45-40(47)38(28-17-19-32(36(22-28)48-3)26-11-6-5-7-12-26)33-20-18-30(41)23-37(33)49-31-15-10-14-27(21-31)25(2)43/h5-23,25,35,38,44H,4,24,43H2,1-3H3,(H,45,46,47)/t25-,35?,38?/m0/s1. The van der Waals surface area contributed by atoms with Gasteiger partial charge >= 0.3 is 0 Å². The minimum Gasteiger partial charge on any atom is -0.496 e. The minimum absolute atomic E-state index is 0.115. The summed E-state index contributed by atoms with van der Waals surface area (Å²) in [5.41, 5.74) is 10.2. The Morgan fingerprint density at radius 3 is 2.31 bits per heavy atom. The second-order valence-corrected chi connectivity index (χ2v) is 12.1. The molecule has 5 aromatic rings. The largest absolute Gasteiger partial charge is 0.496 e. The first-order chi connectivity index (χ1) is 23.7.